The number of likely N-dealkylation sites (tertiary alicyclic amines) is 1. The molecule has 0 saturated carbocycles. The molecule has 3 rings (SSSR count). The Hall–Kier alpha value is -2.36. The number of rotatable bonds is 4. The van der Waals surface area contributed by atoms with E-state index in [-0.39, 0.29) is 5.91 Å². The normalized spacial score (nSPS) is 17.6. The predicted octanol–water partition coefficient (Wildman–Crippen LogP) is 3.87. The molecule has 0 bridgehead atoms. The van der Waals surface area contributed by atoms with Gasteiger partial charge in [-0.25, -0.2) is 0 Å². The zero-order valence-electron chi connectivity index (χ0n) is 14.5. The molecule has 1 saturated heterocycles. The van der Waals surface area contributed by atoms with Crippen LogP contribution in [0.2, 0.25) is 0 Å². The largest absolute Gasteiger partial charge is 0.381 e. The molecule has 0 aliphatic carbocycles. The van der Waals surface area contributed by atoms with Crippen LogP contribution in [-0.4, -0.2) is 28.9 Å². The fraction of sp³-hybridized carbons (Fsp3) is 0.400. The first-order chi connectivity index (χ1) is 11.6. The summed E-state index contributed by atoms with van der Waals surface area (Å²) in [5.41, 5.74) is 3.93. The molecule has 4 heteroatoms. The summed E-state index contributed by atoms with van der Waals surface area (Å²) in [5.74, 6) is 0.617. The maximum absolute atomic E-state index is 12.7. The number of aromatic nitrogens is 1. The lowest BCUT2D eigenvalue weighted by molar-refractivity contribution is 0.0677. The molecular weight excluding hydrogens is 298 g/mol. The van der Waals surface area contributed by atoms with Crippen LogP contribution in [0.25, 0.3) is 0 Å². The Morgan fingerprint density at radius 3 is 3.00 bits per heavy atom. The quantitative estimate of drug-likeness (QED) is 0.929. The Bertz CT molecular complexity index is 714. The molecule has 1 aromatic heterocycles. The molecule has 1 amide bonds. The molecule has 1 unspecified atom stereocenters. The van der Waals surface area contributed by atoms with Crippen molar-refractivity contribution in [3.05, 3.63) is 59.4 Å². The topological polar surface area (TPSA) is 45.2 Å². The number of benzene rings is 1. The summed E-state index contributed by atoms with van der Waals surface area (Å²) in [6.45, 7) is 6.70. The van der Waals surface area contributed by atoms with E-state index in [9.17, 15) is 4.79 Å². The highest BCUT2D eigenvalue weighted by Gasteiger charge is 2.22. The van der Waals surface area contributed by atoms with Crippen LogP contribution in [0.5, 0.6) is 0 Å². The molecule has 2 heterocycles. The van der Waals surface area contributed by atoms with Crippen LogP contribution in [0, 0.1) is 12.8 Å². The lowest BCUT2D eigenvalue weighted by Crippen LogP contribution is -2.39. The maximum atomic E-state index is 12.7. The van der Waals surface area contributed by atoms with Gasteiger partial charge < -0.3 is 10.2 Å². The van der Waals surface area contributed by atoms with Gasteiger partial charge in [0, 0.05) is 31.5 Å². The van der Waals surface area contributed by atoms with Gasteiger partial charge in [-0.05, 0) is 43.4 Å². The molecule has 1 atom stereocenters. The average Bonchev–Trinajstić information content (AvgIpc) is 2.60. The number of amides is 1. The minimum atomic E-state index is 0.0424. The second-order valence-electron chi connectivity index (χ2n) is 6.77. The van der Waals surface area contributed by atoms with Crippen LogP contribution < -0.4 is 5.32 Å². The number of hydrogen-bond donors (Lipinski definition) is 1. The van der Waals surface area contributed by atoms with Crippen molar-refractivity contribution in [3.63, 3.8) is 0 Å². The van der Waals surface area contributed by atoms with Gasteiger partial charge in [-0.3, -0.25) is 9.78 Å². The zero-order valence-corrected chi connectivity index (χ0v) is 14.5. The summed E-state index contributed by atoms with van der Waals surface area (Å²) in [6, 6.07) is 12.2. The van der Waals surface area contributed by atoms with Crippen molar-refractivity contribution in [2.24, 2.45) is 5.92 Å². The van der Waals surface area contributed by atoms with Gasteiger partial charge in [0.05, 0.1) is 0 Å². The van der Waals surface area contributed by atoms with Gasteiger partial charge in [0.25, 0.3) is 5.91 Å². The molecule has 24 heavy (non-hydrogen) atoms. The predicted molar refractivity (Wildman–Crippen MR) is 97.0 cm³/mol. The second kappa shape index (κ2) is 7.47. The van der Waals surface area contributed by atoms with Crippen molar-refractivity contribution in [1.29, 1.82) is 0 Å². The molecule has 0 radical (unpaired) electrons. The van der Waals surface area contributed by atoms with E-state index in [1.54, 1.807) is 6.20 Å². The van der Waals surface area contributed by atoms with Crippen LogP contribution in [0.3, 0.4) is 0 Å². The number of carbonyl (C=O) groups excluding carboxylic acids is 1. The first-order valence-electron chi connectivity index (χ1n) is 8.66. The lowest BCUT2D eigenvalue weighted by Gasteiger charge is -2.30. The number of aryl methyl sites for hydroxylation is 1. The van der Waals surface area contributed by atoms with E-state index >= 15 is 0 Å². The molecule has 1 aliphatic rings. The number of nitrogens with zero attached hydrogens (tertiary/aromatic N) is 2. The molecular formula is C20H25N3O. The Kier molecular flexibility index (Phi) is 5.14. The van der Waals surface area contributed by atoms with E-state index in [1.165, 1.54) is 17.5 Å². The molecule has 1 fully saturated rings. The Morgan fingerprint density at radius 2 is 2.21 bits per heavy atom. The minimum Gasteiger partial charge on any atom is -0.381 e. The SMILES string of the molecule is Cc1cccc(CNc2ccnc(C(=O)N3CCCC(C)C3)c2)c1. The van der Waals surface area contributed by atoms with Crippen LogP contribution >= 0.6 is 0 Å². The van der Waals surface area contributed by atoms with Crippen LogP contribution in [0.15, 0.2) is 42.6 Å². The van der Waals surface area contributed by atoms with Gasteiger partial charge >= 0.3 is 0 Å². The van der Waals surface area contributed by atoms with Crippen molar-refractivity contribution in [3.8, 4) is 0 Å². The third-order valence-corrected chi connectivity index (χ3v) is 4.50. The van der Waals surface area contributed by atoms with E-state index in [0.29, 0.717) is 11.6 Å². The van der Waals surface area contributed by atoms with E-state index in [2.05, 4.69) is 48.4 Å². The van der Waals surface area contributed by atoms with Crippen molar-refractivity contribution in [1.82, 2.24) is 9.88 Å². The van der Waals surface area contributed by atoms with Gasteiger partial charge in [0.15, 0.2) is 0 Å². The van der Waals surface area contributed by atoms with E-state index in [0.717, 1.165) is 31.7 Å². The van der Waals surface area contributed by atoms with Crippen molar-refractivity contribution in [2.45, 2.75) is 33.2 Å². The first kappa shape index (κ1) is 16.5. The molecule has 2 aromatic rings. The smallest absolute Gasteiger partial charge is 0.272 e. The molecule has 1 aromatic carbocycles. The number of hydrogen-bond acceptors (Lipinski definition) is 3. The van der Waals surface area contributed by atoms with Gasteiger partial charge in [-0.2, -0.15) is 0 Å². The van der Waals surface area contributed by atoms with Gasteiger partial charge in [0.2, 0.25) is 0 Å². The third kappa shape index (κ3) is 4.13. The van der Waals surface area contributed by atoms with Crippen molar-refractivity contribution in [2.75, 3.05) is 18.4 Å². The highest BCUT2D eigenvalue weighted by Crippen LogP contribution is 2.18. The maximum Gasteiger partial charge on any atom is 0.272 e. The first-order valence-corrected chi connectivity index (χ1v) is 8.66. The van der Waals surface area contributed by atoms with Gasteiger partial charge in [-0.15, -0.1) is 0 Å². The fourth-order valence-corrected chi connectivity index (χ4v) is 3.22. The molecule has 4 nitrogen and oxygen atoms in total. The standard InChI is InChI=1S/C20H25N3O/c1-15-5-3-7-17(11-15)13-22-18-8-9-21-19(12-18)20(24)23-10-4-6-16(2)14-23/h3,5,7-9,11-12,16H,4,6,10,13-14H2,1-2H3,(H,21,22). The van der Waals surface area contributed by atoms with Gasteiger partial charge in [0.1, 0.15) is 5.69 Å². The molecule has 126 valence electrons. The Morgan fingerprint density at radius 1 is 1.33 bits per heavy atom. The summed E-state index contributed by atoms with van der Waals surface area (Å²) >= 11 is 0. The molecule has 1 N–H and O–H groups in total. The second-order valence-corrected chi connectivity index (χ2v) is 6.77. The number of carbonyl (C=O) groups is 1. The lowest BCUT2D eigenvalue weighted by atomic mass is 10.00. The third-order valence-electron chi connectivity index (χ3n) is 4.50. The summed E-state index contributed by atoms with van der Waals surface area (Å²) in [6.07, 6.45) is 3.99. The highest BCUT2D eigenvalue weighted by atomic mass is 16.2. The Labute approximate surface area is 143 Å². The number of anilines is 1. The van der Waals surface area contributed by atoms with E-state index in [4.69, 9.17) is 0 Å². The summed E-state index contributed by atoms with van der Waals surface area (Å²) in [5, 5.41) is 3.38. The molecule has 1 aliphatic heterocycles. The van der Waals surface area contributed by atoms with Gasteiger partial charge in [-0.1, -0.05) is 36.8 Å². The monoisotopic (exact) mass is 323 g/mol. The van der Waals surface area contributed by atoms with Crippen molar-refractivity contribution < 1.29 is 4.79 Å². The highest BCUT2D eigenvalue weighted by molar-refractivity contribution is 5.93. The van der Waals surface area contributed by atoms with Crippen molar-refractivity contribution >= 4 is 11.6 Å². The van der Waals surface area contributed by atoms with E-state index in [1.807, 2.05) is 17.0 Å². The number of nitrogens with one attached hydrogen (secondary N) is 1. The number of pyridine rings is 1. The van der Waals surface area contributed by atoms with Crippen LogP contribution in [0.1, 0.15) is 41.4 Å². The number of piperidine rings is 1. The summed E-state index contributed by atoms with van der Waals surface area (Å²) in [7, 11) is 0. The minimum absolute atomic E-state index is 0.0424. The van der Waals surface area contributed by atoms with Crippen LogP contribution in [-0.2, 0) is 6.54 Å². The van der Waals surface area contributed by atoms with Crippen LogP contribution in [0.4, 0.5) is 5.69 Å². The summed E-state index contributed by atoms with van der Waals surface area (Å²) < 4.78 is 0. The fourth-order valence-electron chi connectivity index (χ4n) is 3.22. The summed E-state index contributed by atoms with van der Waals surface area (Å²) in [4.78, 5) is 18.9. The average molecular weight is 323 g/mol. The Balaban J connectivity index is 1.66. The van der Waals surface area contributed by atoms with E-state index < -0.39 is 0 Å². The molecule has 0 spiro atoms. The zero-order chi connectivity index (χ0) is 16.9.